The summed E-state index contributed by atoms with van der Waals surface area (Å²) in [6.45, 7) is 1.60. The molecule has 0 spiro atoms. The summed E-state index contributed by atoms with van der Waals surface area (Å²) in [5.41, 5.74) is 2.93. The summed E-state index contributed by atoms with van der Waals surface area (Å²) in [5.74, 6) is 1.30. The van der Waals surface area contributed by atoms with Gasteiger partial charge in [-0.25, -0.2) is 9.97 Å². The minimum atomic E-state index is -0.0196. The molecule has 5 rings (SSSR count). The number of hydrogen-bond donors (Lipinski definition) is 0. The van der Waals surface area contributed by atoms with Crippen LogP contribution in [0.25, 0.3) is 22.2 Å². The summed E-state index contributed by atoms with van der Waals surface area (Å²) < 4.78 is 9.79. The van der Waals surface area contributed by atoms with E-state index in [9.17, 15) is 4.79 Å². The van der Waals surface area contributed by atoms with Crippen LogP contribution in [0, 0.1) is 0 Å². The molecular weight excluding hydrogens is 408 g/mol. The van der Waals surface area contributed by atoms with Crippen molar-refractivity contribution in [3.8, 4) is 11.3 Å². The second-order valence-electron chi connectivity index (χ2n) is 7.74. The zero-order valence-corrected chi connectivity index (χ0v) is 18.2. The van der Waals surface area contributed by atoms with E-state index in [0.717, 1.165) is 53.7 Å². The first-order valence-corrected chi connectivity index (χ1v) is 11.5. The molecule has 0 saturated carbocycles. The lowest BCUT2D eigenvalue weighted by atomic mass is 10.1. The van der Waals surface area contributed by atoms with E-state index in [1.165, 1.54) is 0 Å². The third-order valence-corrected chi connectivity index (χ3v) is 6.69. The van der Waals surface area contributed by atoms with E-state index in [2.05, 4.69) is 16.7 Å². The lowest BCUT2D eigenvalue weighted by Gasteiger charge is -2.16. The Labute approximate surface area is 184 Å². The maximum Gasteiger partial charge on any atom is 0.261 e. The summed E-state index contributed by atoms with van der Waals surface area (Å²) >= 11 is 1.60. The van der Waals surface area contributed by atoms with Crippen molar-refractivity contribution in [3.05, 3.63) is 77.0 Å². The quantitative estimate of drug-likeness (QED) is 0.426. The standard InChI is InChI=1S/C24H24N4O2S/c1-27-22(26-20-12-6-5-11-19(20)23(27)29)16-31-24-25-14-21(17-8-3-2-4-9-17)28(24)15-18-10-7-13-30-18/h2-6,8-9,11-12,14,18H,7,10,13,15-16H2,1H3. The van der Waals surface area contributed by atoms with E-state index >= 15 is 0 Å². The van der Waals surface area contributed by atoms with Crippen molar-refractivity contribution in [2.75, 3.05) is 6.61 Å². The van der Waals surface area contributed by atoms with Gasteiger partial charge in [0.1, 0.15) is 5.82 Å². The van der Waals surface area contributed by atoms with Crippen LogP contribution in [0.4, 0.5) is 0 Å². The molecule has 0 bridgehead atoms. The van der Waals surface area contributed by atoms with Crippen LogP contribution in [0.15, 0.2) is 70.7 Å². The number of fused-ring (bicyclic) bond motifs is 1. The van der Waals surface area contributed by atoms with E-state index in [0.29, 0.717) is 11.1 Å². The number of hydrogen-bond acceptors (Lipinski definition) is 5. The summed E-state index contributed by atoms with van der Waals surface area (Å²) in [7, 11) is 1.78. The molecule has 1 aliphatic rings. The van der Waals surface area contributed by atoms with Gasteiger partial charge >= 0.3 is 0 Å². The molecule has 2 aromatic carbocycles. The predicted octanol–water partition coefficient (Wildman–Crippen LogP) is 4.27. The van der Waals surface area contributed by atoms with Gasteiger partial charge in [0.25, 0.3) is 5.56 Å². The molecule has 1 fully saturated rings. The van der Waals surface area contributed by atoms with E-state index in [-0.39, 0.29) is 11.7 Å². The van der Waals surface area contributed by atoms with Crippen LogP contribution in [0.5, 0.6) is 0 Å². The molecule has 2 aromatic heterocycles. The third kappa shape index (κ3) is 4.03. The third-order valence-electron chi connectivity index (χ3n) is 5.70. The van der Waals surface area contributed by atoms with Gasteiger partial charge in [0, 0.05) is 13.7 Å². The topological polar surface area (TPSA) is 61.9 Å². The van der Waals surface area contributed by atoms with Crippen molar-refractivity contribution in [2.45, 2.75) is 36.4 Å². The summed E-state index contributed by atoms with van der Waals surface area (Å²) in [6, 6.07) is 17.8. The van der Waals surface area contributed by atoms with Gasteiger partial charge in [-0.05, 0) is 30.5 Å². The van der Waals surface area contributed by atoms with E-state index in [1.807, 2.05) is 48.7 Å². The highest BCUT2D eigenvalue weighted by Gasteiger charge is 2.21. The van der Waals surface area contributed by atoms with Gasteiger partial charge in [-0.3, -0.25) is 9.36 Å². The van der Waals surface area contributed by atoms with Gasteiger partial charge in [-0.1, -0.05) is 54.2 Å². The van der Waals surface area contributed by atoms with Crippen LogP contribution >= 0.6 is 11.8 Å². The summed E-state index contributed by atoms with van der Waals surface area (Å²) in [4.78, 5) is 22.2. The van der Waals surface area contributed by atoms with Gasteiger partial charge in [0.2, 0.25) is 0 Å². The minimum absolute atomic E-state index is 0.0196. The molecular formula is C24H24N4O2S. The Morgan fingerprint density at radius 2 is 1.94 bits per heavy atom. The molecule has 3 heterocycles. The van der Waals surface area contributed by atoms with Crippen LogP contribution < -0.4 is 5.56 Å². The Morgan fingerprint density at radius 1 is 1.13 bits per heavy atom. The fraction of sp³-hybridized carbons (Fsp3) is 0.292. The highest BCUT2D eigenvalue weighted by molar-refractivity contribution is 7.98. The molecule has 7 heteroatoms. The Hall–Kier alpha value is -2.90. The van der Waals surface area contributed by atoms with Crippen LogP contribution in [0.1, 0.15) is 18.7 Å². The molecule has 0 radical (unpaired) electrons. The number of thioether (sulfide) groups is 1. The van der Waals surface area contributed by atoms with Gasteiger partial charge in [-0.2, -0.15) is 0 Å². The van der Waals surface area contributed by atoms with Crippen molar-refractivity contribution in [1.82, 2.24) is 19.1 Å². The highest BCUT2D eigenvalue weighted by atomic mass is 32.2. The van der Waals surface area contributed by atoms with Gasteiger partial charge in [0.05, 0.1) is 41.2 Å². The molecule has 1 atom stereocenters. The highest BCUT2D eigenvalue weighted by Crippen LogP contribution is 2.29. The second-order valence-corrected chi connectivity index (χ2v) is 8.68. The number of aromatic nitrogens is 4. The van der Waals surface area contributed by atoms with Gasteiger partial charge < -0.3 is 9.30 Å². The number of benzene rings is 2. The molecule has 1 unspecified atom stereocenters. The molecule has 0 aliphatic carbocycles. The molecule has 6 nitrogen and oxygen atoms in total. The summed E-state index contributed by atoms with van der Waals surface area (Å²) in [6.07, 6.45) is 4.31. The first-order chi connectivity index (χ1) is 15.2. The molecule has 1 saturated heterocycles. The molecule has 4 aromatic rings. The first-order valence-electron chi connectivity index (χ1n) is 10.5. The van der Waals surface area contributed by atoms with E-state index in [1.54, 1.807) is 23.4 Å². The molecule has 31 heavy (non-hydrogen) atoms. The monoisotopic (exact) mass is 432 g/mol. The molecule has 158 valence electrons. The van der Waals surface area contributed by atoms with Crippen LogP contribution in [0.3, 0.4) is 0 Å². The number of imidazole rings is 1. The van der Waals surface area contributed by atoms with Crippen LogP contribution in [-0.4, -0.2) is 31.8 Å². The van der Waals surface area contributed by atoms with Crippen molar-refractivity contribution in [2.24, 2.45) is 7.05 Å². The van der Waals surface area contributed by atoms with Crippen molar-refractivity contribution in [1.29, 1.82) is 0 Å². The lowest BCUT2D eigenvalue weighted by molar-refractivity contribution is 0.0954. The minimum Gasteiger partial charge on any atom is -0.376 e. The average Bonchev–Trinajstić information content (AvgIpc) is 3.46. The lowest BCUT2D eigenvalue weighted by Crippen LogP contribution is -2.22. The smallest absolute Gasteiger partial charge is 0.261 e. The zero-order valence-electron chi connectivity index (χ0n) is 17.4. The van der Waals surface area contributed by atoms with E-state index in [4.69, 9.17) is 14.7 Å². The Kier molecular flexibility index (Phi) is 5.61. The van der Waals surface area contributed by atoms with Crippen LogP contribution in [-0.2, 0) is 24.1 Å². The predicted molar refractivity (Wildman–Crippen MR) is 123 cm³/mol. The van der Waals surface area contributed by atoms with E-state index < -0.39 is 0 Å². The molecule has 1 aliphatic heterocycles. The number of para-hydroxylation sites is 1. The van der Waals surface area contributed by atoms with Crippen molar-refractivity contribution in [3.63, 3.8) is 0 Å². The Balaban J connectivity index is 1.46. The zero-order chi connectivity index (χ0) is 21.2. The average molecular weight is 433 g/mol. The SMILES string of the molecule is Cn1c(CSc2ncc(-c3ccccc3)n2CC2CCCO2)nc2ccccc2c1=O. The first kappa shape index (κ1) is 20.0. The Bertz CT molecular complexity index is 1260. The number of nitrogens with zero attached hydrogens (tertiary/aromatic N) is 4. The fourth-order valence-electron chi connectivity index (χ4n) is 4.00. The molecule has 0 N–H and O–H groups in total. The maximum absolute atomic E-state index is 12.7. The maximum atomic E-state index is 12.7. The van der Waals surface area contributed by atoms with Gasteiger partial charge in [-0.15, -0.1) is 0 Å². The summed E-state index contributed by atoms with van der Waals surface area (Å²) in [5, 5.41) is 1.56. The normalized spacial score (nSPS) is 16.2. The number of rotatable bonds is 6. The van der Waals surface area contributed by atoms with Crippen molar-refractivity contribution >= 4 is 22.7 Å². The second kappa shape index (κ2) is 8.69. The fourth-order valence-corrected chi connectivity index (χ4v) is 4.98. The number of ether oxygens (including phenoxy) is 1. The van der Waals surface area contributed by atoms with Crippen molar-refractivity contribution < 1.29 is 4.74 Å². The Morgan fingerprint density at radius 3 is 2.74 bits per heavy atom. The largest absolute Gasteiger partial charge is 0.376 e. The molecule has 0 amide bonds. The van der Waals surface area contributed by atoms with Gasteiger partial charge in [0.15, 0.2) is 5.16 Å². The van der Waals surface area contributed by atoms with Crippen LogP contribution in [0.2, 0.25) is 0 Å².